The smallest absolute Gasteiger partial charge is 0.228 e. The number of hydrazone groups is 1. The maximum Gasteiger partial charge on any atom is 0.228 e. The van der Waals surface area contributed by atoms with Crippen LogP contribution in [0.15, 0.2) is 48.5 Å². The topological polar surface area (TPSA) is 38.0 Å². The van der Waals surface area contributed by atoms with Crippen molar-refractivity contribution in [2.45, 2.75) is 0 Å². The number of hydrogen-bond acceptors (Lipinski definition) is 1. The lowest BCUT2D eigenvalue weighted by molar-refractivity contribution is -0.499. The normalized spacial score (nSPS) is 10.5. The molecule has 2 rings (SSSR count). The molecule has 0 aliphatic rings. The Morgan fingerprint density at radius 2 is 1.90 bits per heavy atom. The van der Waals surface area contributed by atoms with Crippen molar-refractivity contribution in [2.24, 2.45) is 0 Å². The van der Waals surface area contributed by atoms with Crippen LogP contribution in [-0.4, -0.2) is 11.3 Å². The Kier molecular flexibility index (Phi) is 5.03. The van der Waals surface area contributed by atoms with E-state index < -0.39 is 5.82 Å². The lowest BCUT2D eigenvalue weighted by atomic mass is 10.2. The van der Waals surface area contributed by atoms with Gasteiger partial charge in [-0.05, 0) is 36.5 Å². The summed E-state index contributed by atoms with van der Waals surface area (Å²) in [5.74, 6) is -0.409. The van der Waals surface area contributed by atoms with Crippen molar-refractivity contribution in [1.29, 1.82) is 0 Å². The minimum absolute atomic E-state index is 0.268. The van der Waals surface area contributed by atoms with Gasteiger partial charge in [-0.1, -0.05) is 35.9 Å². The number of benzene rings is 2. The molecule has 3 nitrogen and oxygen atoms in total. The molecule has 0 spiro atoms. The number of para-hydroxylation sites is 1. The fourth-order valence-electron chi connectivity index (χ4n) is 1.51. The molecule has 0 unspecified atom stereocenters. The third-order valence-corrected chi connectivity index (χ3v) is 2.97. The van der Waals surface area contributed by atoms with Crippen molar-refractivity contribution in [3.05, 3.63) is 64.9 Å². The third-order valence-electron chi connectivity index (χ3n) is 2.43. The van der Waals surface area contributed by atoms with Crippen LogP contribution in [0.5, 0.6) is 0 Å². The number of thiocarbonyl (C=S) groups is 1. The Hall–Kier alpha value is -1.98. The first-order valence-electron chi connectivity index (χ1n) is 5.81. The summed E-state index contributed by atoms with van der Waals surface area (Å²) in [5.41, 5.74) is 3.85. The second kappa shape index (κ2) is 6.98. The van der Waals surface area contributed by atoms with E-state index in [0.29, 0.717) is 10.1 Å². The Morgan fingerprint density at radius 3 is 2.60 bits per heavy atom. The van der Waals surface area contributed by atoms with Crippen LogP contribution in [0.25, 0.3) is 0 Å². The molecule has 3 N–H and O–H groups in total. The van der Waals surface area contributed by atoms with Crippen molar-refractivity contribution in [3.8, 4) is 0 Å². The van der Waals surface area contributed by atoms with Crippen LogP contribution >= 0.6 is 23.8 Å². The van der Waals surface area contributed by atoms with Crippen molar-refractivity contribution >= 4 is 40.8 Å². The van der Waals surface area contributed by atoms with Crippen molar-refractivity contribution < 1.29 is 9.49 Å². The number of hydrogen-bond donors (Lipinski definition) is 3. The van der Waals surface area contributed by atoms with Crippen LogP contribution in [0.2, 0.25) is 5.02 Å². The molecule has 0 atom stereocenters. The van der Waals surface area contributed by atoms with Gasteiger partial charge in [-0.3, -0.25) is 0 Å². The van der Waals surface area contributed by atoms with Crippen molar-refractivity contribution in [2.75, 3.05) is 5.32 Å². The highest BCUT2D eigenvalue weighted by Crippen LogP contribution is 2.15. The maximum atomic E-state index is 13.5. The summed E-state index contributed by atoms with van der Waals surface area (Å²) in [7, 11) is 0. The number of anilines is 1. The van der Waals surface area contributed by atoms with Gasteiger partial charge in [0.1, 0.15) is 5.82 Å². The predicted octanol–water partition coefficient (Wildman–Crippen LogP) is 1.88. The van der Waals surface area contributed by atoms with Gasteiger partial charge in [0.05, 0.1) is 10.6 Å². The Labute approximate surface area is 126 Å². The van der Waals surface area contributed by atoms with Gasteiger partial charge in [-0.15, -0.1) is 10.5 Å². The van der Waals surface area contributed by atoms with Crippen LogP contribution in [0.1, 0.15) is 5.56 Å². The molecule has 0 saturated carbocycles. The Balaban J connectivity index is 1.95. The SMILES string of the molecule is Fc1cccc(Cl)c1C=[NH+]NC(=S)Nc1ccccc1. The molecule has 0 aliphatic heterocycles. The minimum Gasteiger partial charge on any atom is -0.328 e. The van der Waals surface area contributed by atoms with Gasteiger partial charge >= 0.3 is 0 Å². The van der Waals surface area contributed by atoms with Crippen molar-refractivity contribution in [3.63, 3.8) is 0 Å². The molecule has 2 aromatic carbocycles. The van der Waals surface area contributed by atoms with Crippen LogP contribution in [0, 0.1) is 5.82 Å². The molecule has 0 fully saturated rings. The van der Waals surface area contributed by atoms with E-state index in [1.54, 1.807) is 12.1 Å². The Bertz CT molecular complexity index is 611. The van der Waals surface area contributed by atoms with Crippen molar-refractivity contribution in [1.82, 2.24) is 5.43 Å². The first-order chi connectivity index (χ1) is 9.66. The van der Waals surface area contributed by atoms with Crippen LogP contribution in [-0.2, 0) is 0 Å². The number of nitrogens with one attached hydrogen (secondary N) is 3. The van der Waals surface area contributed by atoms with Gasteiger partial charge in [-0.2, -0.15) is 0 Å². The van der Waals surface area contributed by atoms with Gasteiger partial charge in [0.15, 0.2) is 0 Å². The zero-order valence-corrected chi connectivity index (χ0v) is 11.9. The molecule has 6 heteroatoms. The number of halogens is 2. The van der Waals surface area contributed by atoms with Gasteiger partial charge in [-0.25, -0.2) is 4.39 Å². The maximum absolute atomic E-state index is 13.5. The first kappa shape index (κ1) is 14.4. The zero-order valence-electron chi connectivity index (χ0n) is 10.4. The molecule has 0 amide bonds. The zero-order chi connectivity index (χ0) is 14.4. The number of rotatable bonds is 3. The van der Waals surface area contributed by atoms with Gasteiger partial charge in [0.25, 0.3) is 0 Å². The summed E-state index contributed by atoms with van der Waals surface area (Å²) in [4.78, 5) is 0. The highest BCUT2D eigenvalue weighted by atomic mass is 35.5. The summed E-state index contributed by atoms with van der Waals surface area (Å²) in [6.07, 6.45) is 1.41. The van der Waals surface area contributed by atoms with Crippen LogP contribution in [0.4, 0.5) is 10.1 Å². The second-order valence-electron chi connectivity index (χ2n) is 3.87. The lowest BCUT2D eigenvalue weighted by Crippen LogP contribution is -2.82. The van der Waals surface area contributed by atoms with E-state index in [-0.39, 0.29) is 5.56 Å². The van der Waals surface area contributed by atoms with E-state index in [1.807, 2.05) is 30.3 Å². The van der Waals surface area contributed by atoms with E-state index in [0.717, 1.165) is 5.69 Å². The average Bonchev–Trinajstić information content (AvgIpc) is 2.43. The van der Waals surface area contributed by atoms with Gasteiger partial charge in [0, 0.05) is 5.69 Å². The Morgan fingerprint density at radius 1 is 1.15 bits per heavy atom. The molecule has 2 aromatic rings. The molecule has 20 heavy (non-hydrogen) atoms. The van der Waals surface area contributed by atoms with Gasteiger partial charge in [0.2, 0.25) is 11.3 Å². The van der Waals surface area contributed by atoms with Crippen LogP contribution in [0.3, 0.4) is 0 Å². The monoisotopic (exact) mass is 308 g/mol. The van der Waals surface area contributed by atoms with E-state index in [1.165, 1.54) is 12.3 Å². The largest absolute Gasteiger partial charge is 0.328 e. The predicted molar refractivity (Wildman–Crippen MR) is 83.3 cm³/mol. The highest BCUT2D eigenvalue weighted by molar-refractivity contribution is 7.80. The van der Waals surface area contributed by atoms with E-state index >= 15 is 0 Å². The molecule has 0 aliphatic carbocycles. The summed E-state index contributed by atoms with van der Waals surface area (Å²) in [5, 5.41) is 6.35. The molecule has 0 radical (unpaired) electrons. The van der Waals surface area contributed by atoms with Gasteiger partial charge < -0.3 is 5.32 Å². The summed E-state index contributed by atoms with van der Waals surface area (Å²) in [6.45, 7) is 0. The van der Waals surface area contributed by atoms with E-state index in [2.05, 4.69) is 15.8 Å². The molecular weight excluding hydrogens is 297 g/mol. The average molecular weight is 309 g/mol. The highest BCUT2D eigenvalue weighted by Gasteiger charge is 2.06. The quantitative estimate of drug-likeness (QED) is 0.460. The fourth-order valence-corrected chi connectivity index (χ4v) is 1.90. The molecule has 0 aromatic heterocycles. The second-order valence-corrected chi connectivity index (χ2v) is 4.68. The molecule has 102 valence electrons. The summed E-state index contributed by atoms with van der Waals surface area (Å²) < 4.78 is 13.5. The van der Waals surface area contributed by atoms with E-state index in [4.69, 9.17) is 23.8 Å². The van der Waals surface area contributed by atoms with E-state index in [9.17, 15) is 4.39 Å². The van der Waals surface area contributed by atoms with Crippen LogP contribution < -0.4 is 15.8 Å². The molecule has 0 saturated heterocycles. The summed E-state index contributed by atoms with van der Waals surface area (Å²) in [6, 6.07) is 13.9. The minimum atomic E-state index is -0.409. The number of hydrazine groups is 1. The lowest BCUT2D eigenvalue weighted by Gasteiger charge is -2.03. The standard InChI is InChI=1S/C14H11ClFN3S/c15-12-7-4-8-13(16)11(12)9-17-19-14(20)18-10-5-2-1-3-6-10/h1-9H,(H2,18,19,20)/p+1. The molecule has 0 heterocycles. The first-order valence-corrected chi connectivity index (χ1v) is 6.60. The molecular formula is C14H12ClFN3S+. The fraction of sp³-hybridized carbons (Fsp3) is 0. The third kappa shape index (κ3) is 4.01. The molecule has 0 bridgehead atoms. The summed E-state index contributed by atoms with van der Waals surface area (Å²) >= 11 is 11.0.